The van der Waals surface area contributed by atoms with Gasteiger partial charge in [-0.1, -0.05) is 6.07 Å². The van der Waals surface area contributed by atoms with Gasteiger partial charge in [-0.2, -0.15) is 0 Å². The van der Waals surface area contributed by atoms with Crippen molar-refractivity contribution in [1.29, 1.82) is 0 Å². The van der Waals surface area contributed by atoms with Crippen molar-refractivity contribution < 1.29 is 13.2 Å². The SMILES string of the molecule is CNCc1cc(S(=O)(=O)NCC(C)OC)ccc1C. The van der Waals surface area contributed by atoms with Crippen LogP contribution in [-0.2, 0) is 21.3 Å². The Balaban J connectivity index is 2.92. The molecule has 0 bridgehead atoms. The van der Waals surface area contributed by atoms with Crippen LogP contribution >= 0.6 is 0 Å². The number of methoxy groups -OCH3 is 1. The lowest BCUT2D eigenvalue weighted by atomic mass is 10.1. The third kappa shape index (κ3) is 4.58. The first-order chi connectivity index (χ1) is 8.90. The van der Waals surface area contributed by atoms with Gasteiger partial charge < -0.3 is 10.1 Å². The fourth-order valence-electron chi connectivity index (χ4n) is 1.59. The van der Waals surface area contributed by atoms with Gasteiger partial charge in [0.2, 0.25) is 10.0 Å². The van der Waals surface area contributed by atoms with E-state index in [-0.39, 0.29) is 17.5 Å². The summed E-state index contributed by atoms with van der Waals surface area (Å²) < 4.78 is 31.8. The molecule has 0 amide bonds. The maximum absolute atomic E-state index is 12.1. The molecule has 0 fully saturated rings. The fourth-order valence-corrected chi connectivity index (χ4v) is 2.76. The van der Waals surface area contributed by atoms with Crippen molar-refractivity contribution >= 4 is 10.0 Å². The number of hydrogen-bond acceptors (Lipinski definition) is 4. The van der Waals surface area contributed by atoms with Gasteiger partial charge in [-0.3, -0.25) is 0 Å². The van der Waals surface area contributed by atoms with E-state index in [2.05, 4.69) is 10.0 Å². The third-order valence-corrected chi connectivity index (χ3v) is 4.38. The van der Waals surface area contributed by atoms with Crippen LogP contribution in [0, 0.1) is 6.92 Å². The molecule has 2 N–H and O–H groups in total. The Kier molecular flexibility index (Phi) is 5.93. The zero-order chi connectivity index (χ0) is 14.5. The number of benzene rings is 1. The summed E-state index contributed by atoms with van der Waals surface area (Å²) in [6.45, 7) is 4.67. The van der Waals surface area contributed by atoms with E-state index in [1.807, 2.05) is 27.0 Å². The number of hydrogen-bond donors (Lipinski definition) is 2. The standard InChI is InChI=1S/C13H22N2O3S/c1-10-5-6-13(7-12(10)9-14-3)19(16,17)15-8-11(2)18-4/h5-7,11,14-15H,8-9H2,1-4H3. The number of aryl methyl sites for hydroxylation is 1. The van der Waals surface area contributed by atoms with Crippen LogP contribution in [0.25, 0.3) is 0 Å². The molecule has 6 heteroatoms. The van der Waals surface area contributed by atoms with Gasteiger partial charge in [-0.05, 0) is 44.2 Å². The summed E-state index contributed by atoms with van der Waals surface area (Å²) in [5.74, 6) is 0. The van der Waals surface area contributed by atoms with Gasteiger partial charge >= 0.3 is 0 Å². The van der Waals surface area contributed by atoms with Crippen molar-refractivity contribution in [3.8, 4) is 0 Å². The van der Waals surface area contributed by atoms with Crippen molar-refractivity contribution in [2.45, 2.75) is 31.4 Å². The second kappa shape index (κ2) is 7.00. The Morgan fingerprint density at radius 3 is 2.63 bits per heavy atom. The molecule has 5 nitrogen and oxygen atoms in total. The van der Waals surface area contributed by atoms with Gasteiger partial charge in [0.25, 0.3) is 0 Å². The van der Waals surface area contributed by atoms with E-state index in [0.717, 1.165) is 11.1 Å². The molecule has 108 valence electrons. The Morgan fingerprint density at radius 1 is 1.37 bits per heavy atom. The number of nitrogens with one attached hydrogen (secondary N) is 2. The molecular formula is C13H22N2O3S. The zero-order valence-electron chi connectivity index (χ0n) is 11.9. The highest BCUT2D eigenvalue weighted by Crippen LogP contribution is 2.15. The van der Waals surface area contributed by atoms with Gasteiger partial charge in [0.15, 0.2) is 0 Å². The van der Waals surface area contributed by atoms with Crippen LogP contribution in [0.4, 0.5) is 0 Å². The van der Waals surface area contributed by atoms with Crippen molar-refractivity contribution in [3.05, 3.63) is 29.3 Å². The molecule has 1 rings (SSSR count). The smallest absolute Gasteiger partial charge is 0.240 e. The molecular weight excluding hydrogens is 264 g/mol. The third-order valence-electron chi connectivity index (χ3n) is 2.96. The van der Waals surface area contributed by atoms with Crippen LogP contribution in [0.5, 0.6) is 0 Å². The molecule has 0 radical (unpaired) electrons. The summed E-state index contributed by atoms with van der Waals surface area (Å²) >= 11 is 0. The number of ether oxygens (including phenoxy) is 1. The minimum Gasteiger partial charge on any atom is -0.380 e. The minimum absolute atomic E-state index is 0.156. The normalized spacial score (nSPS) is 13.5. The number of rotatable bonds is 7. The Hall–Kier alpha value is -0.950. The van der Waals surface area contributed by atoms with Crippen molar-refractivity contribution in [2.24, 2.45) is 0 Å². The average Bonchev–Trinajstić information content (AvgIpc) is 2.38. The summed E-state index contributed by atoms with van der Waals surface area (Å²) in [5.41, 5.74) is 2.05. The van der Waals surface area contributed by atoms with E-state index in [1.165, 1.54) is 0 Å². The highest BCUT2D eigenvalue weighted by atomic mass is 32.2. The van der Waals surface area contributed by atoms with Crippen molar-refractivity contribution in [1.82, 2.24) is 10.0 Å². The van der Waals surface area contributed by atoms with Crippen LogP contribution in [0.2, 0.25) is 0 Å². The molecule has 1 atom stereocenters. The molecule has 0 spiro atoms. The maximum Gasteiger partial charge on any atom is 0.240 e. The van der Waals surface area contributed by atoms with Crippen LogP contribution in [0.1, 0.15) is 18.1 Å². The van der Waals surface area contributed by atoms with E-state index >= 15 is 0 Å². The van der Waals surface area contributed by atoms with Crippen molar-refractivity contribution in [2.75, 3.05) is 20.7 Å². The lowest BCUT2D eigenvalue weighted by Crippen LogP contribution is -2.31. The Morgan fingerprint density at radius 2 is 2.05 bits per heavy atom. The molecule has 0 saturated carbocycles. The van der Waals surface area contributed by atoms with E-state index in [4.69, 9.17) is 4.74 Å². The van der Waals surface area contributed by atoms with E-state index in [1.54, 1.807) is 19.2 Å². The molecule has 0 aliphatic heterocycles. The summed E-state index contributed by atoms with van der Waals surface area (Å²) in [7, 11) is -0.0969. The highest BCUT2D eigenvalue weighted by molar-refractivity contribution is 7.89. The monoisotopic (exact) mass is 286 g/mol. The lowest BCUT2D eigenvalue weighted by molar-refractivity contribution is 0.122. The summed E-state index contributed by atoms with van der Waals surface area (Å²) in [6.07, 6.45) is -0.156. The van der Waals surface area contributed by atoms with Crippen LogP contribution in [0.3, 0.4) is 0 Å². The molecule has 0 aromatic heterocycles. The first kappa shape index (κ1) is 16.1. The summed E-state index contributed by atoms with van der Waals surface area (Å²) in [4.78, 5) is 0.284. The van der Waals surface area contributed by atoms with Gasteiger partial charge in [-0.25, -0.2) is 13.1 Å². The average molecular weight is 286 g/mol. The predicted molar refractivity (Wildman–Crippen MR) is 75.6 cm³/mol. The molecule has 0 saturated heterocycles. The van der Waals surface area contributed by atoms with E-state index in [0.29, 0.717) is 6.54 Å². The lowest BCUT2D eigenvalue weighted by Gasteiger charge is -2.13. The van der Waals surface area contributed by atoms with E-state index < -0.39 is 10.0 Å². The van der Waals surface area contributed by atoms with Gasteiger partial charge in [0.05, 0.1) is 11.0 Å². The van der Waals surface area contributed by atoms with Crippen LogP contribution in [0.15, 0.2) is 23.1 Å². The topological polar surface area (TPSA) is 67.4 Å². The molecule has 1 unspecified atom stereocenters. The molecule has 0 heterocycles. The first-order valence-corrected chi connectivity index (χ1v) is 7.65. The first-order valence-electron chi connectivity index (χ1n) is 6.17. The Labute approximate surface area is 115 Å². The minimum atomic E-state index is -3.48. The van der Waals surface area contributed by atoms with E-state index in [9.17, 15) is 8.42 Å². The number of sulfonamides is 1. The van der Waals surface area contributed by atoms with Gasteiger partial charge in [-0.15, -0.1) is 0 Å². The zero-order valence-corrected chi connectivity index (χ0v) is 12.7. The molecule has 0 aliphatic carbocycles. The van der Waals surface area contributed by atoms with Crippen LogP contribution < -0.4 is 10.0 Å². The van der Waals surface area contributed by atoms with Crippen molar-refractivity contribution in [3.63, 3.8) is 0 Å². The highest BCUT2D eigenvalue weighted by Gasteiger charge is 2.16. The fraction of sp³-hybridized carbons (Fsp3) is 0.538. The molecule has 0 aliphatic rings. The molecule has 1 aromatic rings. The second-order valence-corrected chi connectivity index (χ2v) is 6.28. The maximum atomic E-state index is 12.1. The predicted octanol–water partition coefficient (Wildman–Crippen LogP) is 1.03. The largest absolute Gasteiger partial charge is 0.380 e. The van der Waals surface area contributed by atoms with Gasteiger partial charge in [0.1, 0.15) is 0 Å². The summed E-state index contributed by atoms with van der Waals surface area (Å²) in [5, 5.41) is 3.03. The van der Waals surface area contributed by atoms with Crippen LogP contribution in [-0.4, -0.2) is 35.2 Å². The second-order valence-electron chi connectivity index (χ2n) is 4.52. The molecule has 19 heavy (non-hydrogen) atoms. The molecule has 1 aromatic carbocycles. The Bertz CT molecular complexity index is 515. The van der Waals surface area contributed by atoms with Gasteiger partial charge in [0, 0.05) is 20.2 Å². The summed E-state index contributed by atoms with van der Waals surface area (Å²) in [6, 6.07) is 5.14. The quantitative estimate of drug-likeness (QED) is 0.785.